The molecule has 0 amide bonds. The summed E-state index contributed by atoms with van der Waals surface area (Å²) >= 11 is 0. The normalized spacial score (nSPS) is 11.8. The molecule has 11 rings (SSSR count). The minimum Gasteiger partial charge on any atom is -0.306 e. The maximum atomic E-state index is 4.97. The summed E-state index contributed by atoms with van der Waals surface area (Å²) < 4.78 is 0. The fourth-order valence-electron chi connectivity index (χ4n) is 7.90. The Hall–Kier alpha value is -8.62. The standard InChI is InChI=1S/C54H36N8/c1-5-17-37(18-6-1)49-55-50(38-19-7-2-8-20-38)58-53(57-49)41-29-33-43(34-30-41)61-45-25-13-15-27-47(45)62(48-28-16-14-26-46(48)61)44-35-31-42(32-36-44)54-59-51(39-21-9-3-10-22-39)56-52(60-54)40-23-11-4-12-24-40/h1-36H. The van der Waals surface area contributed by atoms with E-state index in [9.17, 15) is 0 Å². The highest BCUT2D eigenvalue weighted by Gasteiger charge is 2.30. The largest absolute Gasteiger partial charge is 0.306 e. The summed E-state index contributed by atoms with van der Waals surface area (Å²) in [7, 11) is 0. The molecular formula is C54H36N8. The van der Waals surface area contributed by atoms with E-state index in [4.69, 9.17) is 29.9 Å². The lowest BCUT2D eigenvalue weighted by Gasteiger charge is -2.40. The minimum absolute atomic E-state index is 0.614. The lowest BCUT2D eigenvalue weighted by atomic mass is 10.0. The van der Waals surface area contributed by atoms with Crippen LogP contribution in [0, 0.1) is 0 Å². The van der Waals surface area contributed by atoms with Crippen molar-refractivity contribution in [1.82, 2.24) is 29.9 Å². The van der Waals surface area contributed by atoms with Gasteiger partial charge in [0.25, 0.3) is 0 Å². The first-order valence-corrected chi connectivity index (χ1v) is 20.5. The number of benzene rings is 8. The molecule has 292 valence electrons. The van der Waals surface area contributed by atoms with Crippen molar-refractivity contribution in [1.29, 1.82) is 0 Å². The first kappa shape index (κ1) is 36.5. The van der Waals surface area contributed by atoms with Crippen LogP contribution >= 0.6 is 0 Å². The van der Waals surface area contributed by atoms with E-state index in [-0.39, 0.29) is 0 Å². The summed E-state index contributed by atoms with van der Waals surface area (Å²) in [5, 5.41) is 0. The first-order chi connectivity index (χ1) is 30.7. The van der Waals surface area contributed by atoms with Gasteiger partial charge in [0, 0.05) is 44.8 Å². The van der Waals surface area contributed by atoms with Gasteiger partial charge in [0.05, 0.1) is 22.7 Å². The molecule has 62 heavy (non-hydrogen) atoms. The molecule has 8 aromatic carbocycles. The van der Waals surface area contributed by atoms with Crippen LogP contribution in [0.25, 0.3) is 68.3 Å². The van der Waals surface area contributed by atoms with Crippen molar-refractivity contribution >= 4 is 34.1 Å². The topological polar surface area (TPSA) is 83.8 Å². The molecule has 1 aliphatic heterocycles. The molecule has 0 atom stereocenters. The fourth-order valence-corrected chi connectivity index (χ4v) is 7.90. The summed E-state index contributed by atoms with van der Waals surface area (Å²) in [6, 6.07) is 74.2. The highest BCUT2D eigenvalue weighted by molar-refractivity contribution is 6.01. The maximum absolute atomic E-state index is 4.97. The molecule has 8 nitrogen and oxygen atoms in total. The zero-order valence-corrected chi connectivity index (χ0v) is 33.4. The van der Waals surface area contributed by atoms with Crippen LogP contribution in [0.2, 0.25) is 0 Å². The Labute approximate surface area is 359 Å². The smallest absolute Gasteiger partial charge is 0.164 e. The van der Waals surface area contributed by atoms with Crippen LogP contribution in [-0.4, -0.2) is 29.9 Å². The maximum Gasteiger partial charge on any atom is 0.164 e. The minimum atomic E-state index is 0.614. The number of rotatable bonds is 8. The van der Waals surface area contributed by atoms with Crippen LogP contribution in [0.5, 0.6) is 0 Å². The molecule has 0 saturated carbocycles. The van der Waals surface area contributed by atoms with Gasteiger partial charge >= 0.3 is 0 Å². The van der Waals surface area contributed by atoms with E-state index in [2.05, 4.69) is 107 Å². The average molecular weight is 797 g/mol. The Kier molecular flexibility index (Phi) is 9.33. The molecule has 0 aliphatic carbocycles. The third kappa shape index (κ3) is 6.91. The molecule has 0 fully saturated rings. The Balaban J connectivity index is 0.951. The van der Waals surface area contributed by atoms with Crippen molar-refractivity contribution in [2.45, 2.75) is 0 Å². The Morgan fingerprint density at radius 1 is 0.194 bits per heavy atom. The lowest BCUT2D eigenvalue weighted by Crippen LogP contribution is -2.23. The SMILES string of the molecule is c1ccc(-c2nc(-c3ccccc3)nc(-c3ccc(N4c5ccccc5N(c5ccc(-c6nc(-c7ccccc7)nc(-c7ccccc7)n6)cc5)c5ccccc54)cc3)n2)cc1. The second kappa shape index (κ2) is 15.9. The lowest BCUT2D eigenvalue weighted by molar-refractivity contribution is 1.07. The van der Waals surface area contributed by atoms with Gasteiger partial charge in [0.2, 0.25) is 0 Å². The van der Waals surface area contributed by atoms with Gasteiger partial charge in [0.15, 0.2) is 34.9 Å². The summed E-state index contributed by atoms with van der Waals surface area (Å²) in [6.07, 6.45) is 0. The van der Waals surface area contributed by atoms with Crippen molar-refractivity contribution in [3.63, 3.8) is 0 Å². The van der Waals surface area contributed by atoms with E-state index in [0.29, 0.717) is 34.9 Å². The van der Waals surface area contributed by atoms with Crippen LogP contribution in [0.3, 0.4) is 0 Å². The van der Waals surface area contributed by atoms with Crippen LogP contribution in [0.1, 0.15) is 0 Å². The zero-order valence-electron chi connectivity index (χ0n) is 33.4. The van der Waals surface area contributed by atoms with Crippen molar-refractivity contribution < 1.29 is 0 Å². The predicted octanol–water partition coefficient (Wildman–Crippen LogP) is 13.3. The van der Waals surface area contributed by atoms with Crippen LogP contribution in [0.15, 0.2) is 218 Å². The van der Waals surface area contributed by atoms with Crippen LogP contribution in [-0.2, 0) is 0 Å². The molecular weight excluding hydrogens is 761 g/mol. The van der Waals surface area contributed by atoms with Crippen LogP contribution in [0.4, 0.5) is 34.1 Å². The van der Waals surface area contributed by atoms with Gasteiger partial charge in [-0.2, -0.15) is 0 Å². The number of anilines is 6. The number of aromatic nitrogens is 6. The highest BCUT2D eigenvalue weighted by atomic mass is 15.3. The summed E-state index contributed by atoms with van der Waals surface area (Å²) in [5.41, 5.74) is 11.8. The van der Waals surface area contributed by atoms with Gasteiger partial charge in [-0.3, -0.25) is 0 Å². The second-order valence-corrected chi connectivity index (χ2v) is 14.8. The third-order valence-corrected chi connectivity index (χ3v) is 10.9. The van der Waals surface area contributed by atoms with E-state index in [1.165, 1.54) is 0 Å². The molecule has 0 unspecified atom stereocenters. The third-order valence-electron chi connectivity index (χ3n) is 10.9. The van der Waals surface area contributed by atoms with E-state index < -0.39 is 0 Å². The monoisotopic (exact) mass is 796 g/mol. The fraction of sp³-hybridized carbons (Fsp3) is 0. The molecule has 8 heteroatoms. The van der Waals surface area contributed by atoms with Crippen molar-refractivity contribution in [3.8, 4) is 68.3 Å². The number of para-hydroxylation sites is 4. The van der Waals surface area contributed by atoms with E-state index in [1.54, 1.807) is 0 Å². The van der Waals surface area contributed by atoms with Gasteiger partial charge in [-0.15, -0.1) is 0 Å². The number of fused-ring (bicyclic) bond motifs is 2. The van der Waals surface area contributed by atoms with Gasteiger partial charge in [-0.05, 0) is 72.8 Å². The quantitative estimate of drug-likeness (QED) is 0.150. The van der Waals surface area contributed by atoms with Crippen molar-refractivity contribution in [3.05, 3.63) is 218 Å². The number of hydrogen-bond donors (Lipinski definition) is 0. The number of hydrogen-bond acceptors (Lipinski definition) is 8. The van der Waals surface area contributed by atoms with E-state index in [1.807, 2.05) is 121 Å². The second-order valence-electron chi connectivity index (χ2n) is 14.8. The van der Waals surface area contributed by atoms with Gasteiger partial charge < -0.3 is 9.80 Å². The zero-order chi connectivity index (χ0) is 41.2. The average Bonchev–Trinajstić information content (AvgIpc) is 3.36. The van der Waals surface area contributed by atoms with Gasteiger partial charge in [-0.25, -0.2) is 29.9 Å². The predicted molar refractivity (Wildman–Crippen MR) is 249 cm³/mol. The summed E-state index contributed by atoms with van der Waals surface area (Å²) in [5.74, 6) is 3.76. The molecule has 0 radical (unpaired) electrons. The molecule has 0 N–H and O–H groups in total. The summed E-state index contributed by atoms with van der Waals surface area (Å²) in [6.45, 7) is 0. The first-order valence-electron chi connectivity index (χ1n) is 20.5. The number of nitrogens with zero attached hydrogens (tertiary/aromatic N) is 8. The van der Waals surface area contributed by atoms with Crippen LogP contribution < -0.4 is 9.80 Å². The van der Waals surface area contributed by atoms with E-state index >= 15 is 0 Å². The van der Waals surface area contributed by atoms with Crippen molar-refractivity contribution in [2.75, 3.05) is 9.80 Å². The van der Waals surface area contributed by atoms with Crippen molar-refractivity contribution in [2.24, 2.45) is 0 Å². The van der Waals surface area contributed by atoms with E-state index in [0.717, 1.165) is 67.5 Å². The molecule has 3 heterocycles. The Morgan fingerprint density at radius 2 is 0.387 bits per heavy atom. The Bertz CT molecular complexity index is 2780. The molecule has 0 spiro atoms. The molecule has 10 aromatic rings. The van der Waals surface area contributed by atoms with Gasteiger partial charge in [0.1, 0.15) is 0 Å². The molecule has 0 saturated heterocycles. The molecule has 0 bridgehead atoms. The Morgan fingerprint density at radius 3 is 0.613 bits per heavy atom. The summed E-state index contributed by atoms with van der Waals surface area (Å²) in [4.78, 5) is 34.3. The molecule has 2 aromatic heterocycles. The van der Waals surface area contributed by atoms with Gasteiger partial charge in [-0.1, -0.05) is 146 Å². The molecule has 1 aliphatic rings. The highest BCUT2D eigenvalue weighted by Crippen LogP contribution is 2.54.